The van der Waals surface area contributed by atoms with E-state index in [0.717, 1.165) is 32.2 Å². The Morgan fingerprint density at radius 1 is 1.32 bits per heavy atom. The lowest BCUT2D eigenvalue weighted by atomic mass is 9.84. The summed E-state index contributed by atoms with van der Waals surface area (Å²) in [5, 5.41) is 4.67. The third-order valence-corrected chi connectivity index (χ3v) is 5.44. The molecule has 3 N–H and O–H groups in total. The lowest BCUT2D eigenvalue weighted by Gasteiger charge is -2.29. The number of carbonyl (C=O) groups excluding carboxylic acids is 1. The molecule has 2 atom stereocenters. The number of carbonyl (C=O) groups is 1. The molecule has 0 aromatic carbocycles. The number of fused-ring (bicyclic) bond motifs is 1. The first-order valence-corrected chi connectivity index (χ1v) is 8.06. The van der Waals surface area contributed by atoms with E-state index in [1.54, 1.807) is 0 Å². The zero-order chi connectivity index (χ0) is 13.2. The van der Waals surface area contributed by atoms with Crippen molar-refractivity contribution in [2.75, 3.05) is 0 Å². The minimum absolute atomic E-state index is 0.000518. The van der Waals surface area contributed by atoms with E-state index in [2.05, 4.69) is 10.3 Å². The molecule has 0 radical (unpaired) electrons. The van der Waals surface area contributed by atoms with Gasteiger partial charge in [-0.2, -0.15) is 0 Å². The summed E-state index contributed by atoms with van der Waals surface area (Å²) in [7, 11) is 0. The third-order valence-electron chi connectivity index (χ3n) is 4.29. The molecule has 5 heteroatoms. The first kappa shape index (κ1) is 13.1. The average molecular weight is 279 g/mol. The van der Waals surface area contributed by atoms with E-state index in [1.807, 2.05) is 11.3 Å². The van der Waals surface area contributed by atoms with Crippen molar-refractivity contribution in [1.82, 2.24) is 10.3 Å². The number of nitrogens with zero attached hydrogens (tertiary/aromatic N) is 1. The van der Waals surface area contributed by atoms with Crippen molar-refractivity contribution >= 4 is 17.2 Å². The van der Waals surface area contributed by atoms with Crippen LogP contribution in [0.3, 0.4) is 0 Å². The third kappa shape index (κ3) is 2.82. The van der Waals surface area contributed by atoms with Crippen molar-refractivity contribution in [2.45, 2.75) is 57.5 Å². The Balaban J connectivity index is 1.59. The summed E-state index contributed by atoms with van der Waals surface area (Å²) in [6.45, 7) is 0.784. The number of nitrogens with one attached hydrogen (secondary N) is 1. The monoisotopic (exact) mass is 279 g/mol. The van der Waals surface area contributed by atoms with Crippen LogP contribution in [0, 0.1) is 5.92 Å². The van der Waals surface area contributed by atoms with Gasteiger partial charge in [0.15, 0.2) is 0 Å². The predicted octanol–water partition coefficient (Wildman–Crippen LogP) is 1.77. The van der Waals surface area contributed by atoms with E-state index < -0.39 is 0 Å². The van der Waals surface area contributed by atoms with Crippen LogP contribution < -0.4 is 11.1 Å². The van der Waals surface area contributed by atoms with Gasteiger partial charge < -0.3 is 11.1 Å². The number of aromatic nitrogens is 1. The number of rotatable bonds is 4. The lowest BCUT2D eigenvalue weighted by Crippen LogP contribution is -2.44. The first-order valence-electron chi connectivity index (χ1n) is 7.24. The normalized spacial score (nSPS) is 26.3. The summed E-state index contributed by atoms with van der Waals surface area (Å²) < 4.78 is 0. The summed E-state index contributed by atoms with van der Waals surface area (Å²) in [5.74, 6) is -0.153. The molecule has 4 nitrogen and oxygen atoms in total. The number of thiazole rings is 1. The van der Waals surface area contributed by atoms with Crippen molar-refractivity contribution < 1.29 is 4.79 Å². The Morgan fingerprint density at radius 2 is 2.16 bits per heavy atom. The summed E-state index contributed by atoms with van der Waals surface area (Å²) in [4.78, 5) is 17.6. The van der Waals surface area contributed by atoms with Crippen LogP contribution in [-0.2, 0) is 24.2 Å². The van der Waals surface area contributed by atoms with E-state index in [1.165, 1.54) is 34.8 Å². The molecule has 2 aliphatic carbocycles. The molecule has 0 bridgehead atoms. The van der Waals surface area contributed by atoms with Gasteiger partial charge in [0.2, 0.25) is 5.91 Å². The standard InChI is InChI=1S/C14H21N3OS/c15-14(18)9-4-1-2-5-10(9)16-8-13-17-11-6-3-7-12(11)19-13/h9-10,16H,1-8H2,(H2,15,18). The van der Waals surface area contributed by atoms with E-state index in [4.69, 9.17) is 5.73 Å². The number of hydrogen-bond donors (Lipinski definition) is 2. The molecule has 1 saturated carbocycles. The Hall–Kier alpha value is -0.940. The highest BCUT2D eigenvalue weighted by Crippen LogP contribution is 2.28. The zero-order valence-electron chi connectivity index (χ0n) is 11.2. The molecule has 0 aliphatic heterocycles. The van der Waals surface area contributed by atoms with Crippen LogP contribution in [0.25, 0.3) is 0 Å². The Bertz CT molecular complexity index is 450. The fraction of sp³-hybridized carbons (Fsp3) is 0.714. The highest BCUT2D eigenvalue weighted by atomic mass is 32.1. The van der Waals surface area contributed by atoms with Crippen molar-refractivity contribution in [3.63, 3.8) is 0 Å². The predicted molar refractivity (Wildman–Crippen MR) is 75.9 cm³/mol. The van der Waals surface area contributed by atoms with Crippen molar-refractivity contribution in [2.24, 2.45) is 11.7 Å². The highest BCUT2D eigenvalue weighted by molar-refractivity contribution is 7.11. The smallest absolute Gasteiger partial charge is 0.222 e. The lowest BCUT2D eigenvalue weighted by molar-refractivity contribution is -0.123. The molecule has 3 rings (SSSR count). The van der Waals surface area contributed by atoms with Crippen LogP contribution in [0.5, 0.6) is 0 Å². The minimum Gasteiger partial charge on any atom is -0.369 e. The second kappa shape index (κ2) is 5.59. The molecule has 2 aliphatic rings. The SMILES string of the molecule is NC(=O)C1CCCCC1NCc1nc2c(s1)CCC2. The zero-order valence-corrected chi connectivity index (χ0v) is 12.0. The van der Waals surface area contributed by atoms with E-state index in [0.29, 0.717) is 0 Å². The van der Waals surface area contributed by atoms with Crippen molar-refractivity contribution in [3.05, 3.63) is 15.6 Å². The largest absolute Gasteiger partial charge is 0.369 e. The van der Waals surface area contributed by atoms with Crippen molar-refractivity contribution in [3.8, 4) is 0 Å². The van der Waals surface area contributed by atoms with Gasteiger partial charge in [0.05, 0.1) is 11.6 Å². The first-order chi connectivity index (χ1) is 9.24. The Kier molecular flexibility index (Phi) is 3.84. The van der Waals surface area contributed by atoms with E-state index >= 15 is 0 Å². The van der Waals surface area contributed by atoms with Gasteiger partial charge in [-0.05, 0) is 32.1 Å². The fourth-order valence-corrected chi connectivity index (χ4v) is 4.36. The second-order valence-corrected chi connectivity index (χ2v) is 6.78. The molecule has 1 heterocycles. The number of aryl methyl sites for hydroxylation is 2. The summed E-state index contributed by atoms with van der Waals surface area (Å²) in [6.07, 6.45) is 7.89. The molecule has 1 amide bonds. The topological polar surface area (TPSA) is 68.0 Å². The second-order valence-electron chi connectivity index (χ2n) is 5.61. The number of primary amides is 1. The maximum Gasteiger partial charge on any atom is 0.222 e. The van der Waals surface area contributed by atoms with Crippen LogP contribution in [0.4, 0.5) is 0 Å². The maximum atomic E-state index is 11.5. The molecule has 104 valence electrons. The van der Waals surface area contributed by atoms with Gasteiger partial charge in [-0.25, -0.2) is 4.98 Å². The molecule has 0 spiro atoms. The number of amides is 1. The van der Waals surface area contributed by atoms with E-state index in [-0.39, 0.29) is 17.9 Å². The summed E-state index contributed by atoms with van der Waals surface area (Å²) >= 11 is 1.83. The molecule has 1 aromatic heterocycles. The molecule has 1 fully saturated rings. The van der Waals surface area contributed by atoms with Gasteiger partial charge in [0.25, 0.3) is 0 Å². The maximum absolute atomic E-state index is 11.5. The van der Waals surface area contributed by atoms with Gasteiger partial charge in [-0.3, -0.25) is 4.79 Å². The minimum atomic E-state index is -0.154. The van der Waals surface area contributed by atoms with Gasteiger partial charge >= 0.3 is 0 Å². The Labute approximate surface area is 117 Å². The Morgan fingerprint density at radius 3 is 2.95 bits per heavy atom. The molecular formula is C14H21N3OS. The van der Waals surface area contributed by atoms with Crippen LogP contribution in [0.15, 0.2) is 0 Å². The molecule has 2 unspecified atom stereocenters. The number of nitrogens with two attached hydrogens (primary N) is 1. The molecule has 0 saturated heterocycles. The van der Waals surface area contributed by atoms with Crippen molar-refractivity contribution in [1.29, 1.82) is 0 Å². The van der Waals surface area contributed by atoms with Gasteiger partial charge in [0.1, 0.15) is 5.01 Å². The summed E-state index contributed by atoms with van der Waals surface area (Å²) in [5.41, 5.74) is 6.80. The van der Waals surface area contributed by atoms with Gasteiger partial charge in [-0.15, -0.1) is 11.3 Å². The molecular weight excluding hydrogens is 258 g/mol. The fourth-order valence-electron chi connectivity index (χ4n) is 3.25. The molecule has 19 heavy (non-hydrogen) atoms. The van der Waals surface area contributed by atoms with Crippen LogP contribution in [0.2, 0.25) is 0 Å². The van der Waals surface area contributed by atoms with E-state index in [9.17, 15) is 4.79 Å². The number of hydrogen-bond acceptors (Lipinski definition) is 4. The molecule has 1 aromatic rings. The van der Waals surface area contributed by atoms with Gasteiger partial charge in [0, 0.05) is 17.5 Å². The average Bonchev–Trinajstić information content (AvgIpc) is 2.97. The van der Waals surface area contributed by atoms with Gasteiger partial charge in [-0.1, -0.05) is 12.8 Å². The quantitative estimate of drug-likeness (QED) is 0.882. The summed E-state index contributed by atoms with van der Waals surface area (Å²) in [6, 6.07) is 0.241. The van der Waals surface area contributed by atoms with Crippen LogP contribution >= 0.6 is 11.3 Å². The van der Waals surface area contributed by atoms with Crippen LogP contribution in [-0.4, -0.2) is 16.9 Å². The van der Waals surface area contributed by atoms with Crippen LogP contribution in [0.1, 0.15) is 47.7 Å². The highest BCUT2D eigenvalue weighted by Gasteiger charge is 2.29.